The number of aryl methyl sites for hydroxylation is 2. The summed E-state index contributed by atoms with van der Waals surface area (Å²) in [4.78, 5) is 11.0. The number of carbonyl (C=O) groups is 1. The highest BCUT2D eigenvalue weighted by Gasteiger charge is 2.10. The lowest BCUT2D eigenvalue weighted by Crippen LogP contribution is -2.20. The van der Waals surface area contributed by atoms with Crippen LogP contribution < -0.4 is 4.74 Å². The van der Waals surface area contributed by atoms with Crippen LogP contribution in [0.3, 0.4) is 0 Å². The minimum absolute atomic E-state index is 0.378. The average Bonchev–Trinajstić information content (AvgIpc) is 2.22. The maximum absolute atomic E-state index is 11.0. The Labute approximate surface area is 96.4 Å². The van der Waals surface area contributed by atoms with E-state index in [1.165, 1.54) is 12.0 Å². The van der Waals surface area contributed by atoms with Crippen LogP contribution in [0.25, 0.3) is 0 Å². The summed E-state index contributed by atoms with van der Waals surface area (Å²) in [6.45, 7) is 7.31. The second-order valence-electron chi connectivity index (χ2n) is 3.68. The van der Waals surface area contributed by atoms with Crippen LogP contribution in [0.5, 0.6) is 5.75 Å². The van der Waals surface area contributed by atoms with E-state index in [1.54, 1.807) is 13.8 Å². The average molecular weight is 221 g/mol. The van der Waals surface area contributed by atoms with Crippen LogP contribution in [0.1, 0.15) is 25.0 Å². The molecule has 0 amide bonds. The van der Waals surface area contributed by atoms with Crippen molar-refractivity contribution in [2.75, 3.05) is 0 Å². The van der Waals surface area contributed by atoms with Gasteiger partial charge in [-0.3, -0.25) is 4.79 Å². The Kier molecular flexibility index (Phi) is 4.35. The lowest BCUT2D eigenvalue weighted by Gasteiger charge is -2.16. The molecule has 0 fully saturated rings. The van der Waals surface area contributed by atoms with E-state index in [1.807, 2.05) is 32.0 Å². The summed E-state index contributed by atoms with van der Waals surface area (Å²) in [5.41, 5.74) is 2.21. The van der Waals surface area contributed by atoms with E-state index in [0.29, 0.717) is 0 Å². The van der Waals surface area contributed by atoms with E-state index in [2.05, 4.69) is 0 Å². The van der Waals surface area contributed by atoms with E-state index in [9.17, 15) is 4.79 Å². The van der Waals surface area contributed by atoms with Crippen molar-refractivity contribution in [2.45, 2.75) is 34.0 Å². The summed E-state index contributed by atoms with van der Waals surface area (Å²) >= 11 is 0. The number of rotatable bonds is 4. The summed E-state index contributed by atoms with van der Waals surface area (Å²) < 4.78 is 10.5. The molecule has 0 heterocycles. The topological polar surface area (TPSA) is 35.5 Å². The van der Waals surface area contributed by atoms with Gasteiger partial charge >= 0.3 is 5.97 Å². The van der Waals surface area contributed by atoms with Gasteiger partial charge in [0.15, 0.2) is 0 Å². The monoisotopic (exact) mass is 221 g/mol. The van der Waals surface area contributed by atoms with Crippen molar-refractivity contribution in [3.05, 3.63) is 35.7 Å². The zero-order valence-electron chi connectivity index (χ0n) is 10.1. The van der Waals surface area contributed by atoms with Crippen molar-refractivity contribution in [3.63, 3.8) is 0 Å². The molecule has 1 rings (SSSR count). The van der Waals surface area contributed by atoms with Crippen LogP contribution in [0, 0.1) is 20.3 Å². The normalized spacial score (nSPS) is 12.0. The number of ether oxygens (including phenoxy) is 2. The molecule has 0 saturated carbocycles. The fraction of sp³-hybridized carbons (Fsp3) is 0.385. The first kappa shape index (κ1) is 12.6. The zero-order chi connectivity index (χ0) is 12.1. The summed E-state index contributed by atoms with van der Waals surface area (Å²) in [5.74, 6) is 0.360. The molecule has 1 radical (unpaired) electrons. The lowest BCUT2D eigenvalue weighted by atomic mass is 10.1. The SMILES string of the molecule is C[CH]C(=O)OC(C)Oc1ccc(C)cc1C. The summed E-state index contributed by atoms with van der Waals surface area (Å²) in [6, 6.07) is 5.86. The smallest absolute Gasteiger partial charge is 0.312 e. The van der Waals surface area contributed by atoms with Gasteiger partial charge in [0, 0.05) is 6.92 Å². The molecule has 0 aliphatic rings. The Hall–Kier alpha value is -1.51. The molecule has 0 spiro atoms. The number of hydrogen-bond donors (Lipinski definition) is 0. The summed E-state index contributed by atoms with van der Waals surface area (Å²) in [6.07, 6.45) is 0.784. The fourth-order valence-corrected chi connectivity index (χ4v) is 1.37. The third-order valence-corrected chi connectivity index (χ3v) is 2.14. The molecule has 0 N–H and O–H groups in total. The van der Waals surface area contributed by atoms with Gasteiger partial charge in [-0.25, -0.2) is 0 Å². The van der Waals surface area contributed by atoms with Crippen LogP contribution in [0.2, 0.25) is 0 Å². The number of benzene rings is 1. The van der Waals surface area contributed by atoms with Crippen molar-refractivity contribution >= 4 is 5.97 Å². The van der Waals surface area contributed by atoms with E-state index in [0.717, 1.165) is 11.3 Å². The van der Waals surface area contributed by atoms with Gasteiger partial charge in [-0.05, 0) is 25.5 Å². The first-order valence-electron chi connectivity index (χ1n) is 5.27. The molecule has 16 heavy (non-hydrogen) atoms. The molecule has 1 unspecified atom stereocenters. The minimum atomic E-state index is -0.579. The van der Waals surface area contributed by atoms with Crippen LogP contribution in [-0.2, 0) is 9.53 Å². The molecular formula is C13H17O3. The zero-order valence-corrected chi connectivity index (χ0v) is 10.1. The predicted octanol–water partition coefficient (Wildman–Crippen LogP) is 2.80. The number of hydrogen-bond acceptors (Lipinski definition) is 3. The molecule has 3 nitrogen and oxygen atoms in total. The number of esters is 1. The molecule has 0 aliphatic heterocycles. The predicted molar refractivity (Wildman–Crippen MR) is 62.1 cm³/mol. The second-order valence-corrected chi connectivity index (χ2v) is 3.68. The maximum Gasteiger partial charge on any atom is 0.312 e. The van der Waals surface area contributed by atoms with Gasteiger partial charge in [0.1, 0.15) is 5.75 Å². The van der Waals surface area contributed by atoms with E-state index >= 15 is 0 Å². The van der Waals surface area contributed by atoms with Crippen molar-refractivity contribution in [2.24, 2.45) is 0 Å². The number of carbonyl (C=O) groups excluding carboxylic acids is 1. The van der Waals surface area contributed by atoms with Gasteiger partial charge in [0.05, 0.1) is 6.42 Å². The maximum atomic E-state index is 11.0. The molecular weight excluding hydrogens is 204 g/mol. The highest BCUT2D eigenvalue weighted by atomic mass is 16.7. The molecule has 0 bridgehead atoms. The highest BCUT2D eigenvalue weighted by Crippen LogP contribution is 2.20. The fourth-order valence-electron chi connectivity index (χ4n) is 1.37. The van der Waals surface area contributed by atoms with Crippen LogP contribution in [0.4, 0.5) is 0 Å². The van der Waals surface area contributed by atoms with Crippen molar-refractivity contribution in [3.8, 4) is 5.75 Å². The van der Waals surface area contributed by atoms with Crippen LogP contribution in [-0.4, -0.2) is 12.3 Å². The van der Waals surface area contributed by atoms with Crippen LogP contribution in [0.15, 0.2) is 18.2 Å². The van der Waals surface area contributed by atoms with Gasteiger partial charge in [-0.2, -0.15) is 0 Å². The third kappa shape index (κ3) is 3.57. The minimum Gasteiger partial charge on any atom is -0.455 e. The Balaban J connectivity index is 2.62. The lowest BCUT2D eigenvalue weighted by molar-refractivity contribution is -0.156. The standard InChI is InChI=1S/C13H17O3/c1-5-13(14)16-11(4)15-12-7-6-9(2)8-10(12)3/h5-8,11H,1-4H3. The molecule has 87 valence electrons. The summed E-state index contributed by atoms with van der Waals surface area (Å²) in [7, 11) is 0. The molecule has 1 aromatic carbocycles. The largest absolute Gasteiger partial charge is 0.455 e. The highest BCUT2D eigenvalue weighted by molar-refractivity contribution is 5.78. The van der Waals surface area contributed by atoms with Crippen LogP contribution >= 0.6 is 0 Å². The van der Waals surface area contributed by atoms with E-state index in [4.69, 9.17) is 9.47 Å². The quantitative estimate of drug-likeness (QED) is 0.579. The summed E-state index contributed by atoms with van der Waals surface area (Å²) in [5, 5.41) is 0. The van der Waals surface area contributed by atoms with Gasteiger partial charge in [-0.15, -0.1) is 0 Å². The van der Waals surface area contributed by atoms with Gasteiger partial charge < -0.3 is 9.47 Å². The van der Waals surface area contributed by atoms with E-state index < -0.39 is 6.29 Å². The third-order valence-electron chi connectivity index (χ3n) is 2.14. The van der Waals surface area contributed by atoms with Gasteiger partial charge in [-0.1, -0.05) is 24.6 Å². The first-order chi connectivity index (χ1) is 7.52. The van der Waals surface area contributed by atoms with Crippen molar-refractivity contribution < 1.29 is 14.3 Å². The Bertz CT molecular complexity index is 371. The second kappa shape index (κ2) is 5.54. The van der Waals surface area contributed by atoms with Gasteiger partial charge in [0.2, 0.25) is 6.29 Å². The van der Waals surface area contributed by atoms with Gasteiger partial charge in [0.25, 0.3) is 0 Å². The van der Waals surface area contributed by atoms with E-state index in [-0.39, 0.29) is 5.97 Å². The molecule has 0 aliphatic carbocycles. The van der Waals surface area contributed by atoms with Crippen molar-refractivity contribution in [1.29, 1.82) is 0 Å². The Morgan fingerprint density at radius 1 is 1.38 bits per heavy atom. The first-order valence-corrected chi connectivity index (χ1v) is 5.27. The van der Waals surface area contributed by atoms with Crippen molar-refractivity contribution in [1.82, 2.24) is 0 Å². The molecule has 3 heteroatoms. The molecule has 0 saturated heterocycles. The molecule has 0 aromatic heterocycles. The molecule has 1 aromatic rings. The Morgan fingerprint density at radius 2 is 2.06 bits per heavy atom. The molecule has 1 atom stereocenters. The Morgan fingerprint density at radius 3 is 2.62 bits per heavy atom.